The molecule has 0 spiro atoms. The largest absolute Gasteiger partial charge is 0.310 e. The molecule has 0 aliphatic heterocycles. The number of hydrogen-bond acceptors (Lipinski definition) is 1. The summed E-state index contributed by atoms with van der Waals surface area (Å²) in [4.78, 5) is 0. The van der Waals surface area contributed by atoms with Crippen molar-refractivity contribution < 1.29 is 0 Å². The van der Waals surface area contributed by atoms with Gasteiger partial charge in [0.2, 0.25) is 0 Å². The first-order valence-electron chi connectivity index (χ1n) is 6.18. The summed E-state index contributed by atoms with van der Waals surface area (Å²) >= 11 is 0. The Morgan fingerprint density at radius 3 is 2.81 bits per heavy atom. The van der Waals surface area contributed by atoms with Gasteiger partial charge in [0.25, 0.3) is 0 Å². The monoisotopic (exact) mass is 215 g/mol. The van der Waals surface area contributed by atoms with E-state index in [0.29, 0.717) is 12.0 Å². The topological polar surface area (TPSA) is 12.0 Å². The molecule has 1 aromatic rings. The Morgan fingerprint density at radius 1 is 1.44 bits per heavy atom. The summed E-state index contributed by atoms with van der Waals surface area (Å²) in [5, 5.41) is 3.58. The molecular formula is C15H21N. The lowest BCUT2D eigenvalue weighted by Gasteiger charge is -2.36. The average Bonchev–Trinajstić information content (AvgIpc) is 2.19. The molecule has 0 radical (unpaired) electrons. The van der Waals surface area contributed by atoms with Crippen LogP contribution in [0.3, 0.4) is 0 Å². The summed E-state index contributed by atoms with van der Waals surface area (Å²) in [5.41, 5.74) is 4.46. The molecule has 0 fully saturated rings. The molecule has 0 saturated carbocycles. The highest BCUT2D eigenvalue weighted by atomic mass is 14.9. The fourth-order valence-electron chi connectivity index (χ4n) is 2.53. The maximum absolute atomic E-state index is 3.58. The van der Waals surface area contributed by atoms with Crippen LogP contribution in [0, 0.1) is 0 Å². The standard InChI is InChI=1S/C15H21N/c1-4-16-15(9-11(2)3)14-10-12-7-5-6-8-13(12)14/h5-9,14-16H,4,10H2,1-3H3. The zero-order valence-electron chi connectivity index (χ0n) is 10.5. The normalized spacial score (nSPS) is 19.6. The summed E-state index contributed by atoms with van der Waals surface area (Å²) in [6.45, 7) is 7.56. The summed E-state index contributed by atoms with van der Waals surface area (Å²) in [6.07, 6.45) is 3.59. The highest BCUT2D eigenvalue weighted by Crippen LogP contribution is 2.37. The molecule has 16 heavy (non-hydrogen) atoms. The molecule has 1 nitrogen and oxygen atoms in total. The predicted octanol–water partition coefficient (Wildman–Crippen LogP) is 3.27. The molecule has 2 atom stereocenters. The Bertz CT molecular complexity index is 388. The maximum atomic E-state index is 3.58. The van der Waals surface area contributed by atoms with E-state index in [2.05, 4.69) is 56.4 Å². The van der Waals surface area contributed by atoms with Crippen LogP contribution in [0.1, 0.15) is 37.8 Å². The predicted molar refractivity (Wildman–Crippen MR) is 69.8 cm³/mol. The van der Waals surface area contributed by atoms with E-state index in [1.165, 1.54) is 23.1 Å². The molecule has 1 heteroatoms. The van der Waals surface area contributed by atoms with Crippen molar-refractivity contribution in [2.75, 3.05) is 6.54 Å². The van der Waals surface area contributed by atoms with E-state index >= 15 is 0 Å². The fraction of sp³-hybridized carbons (Fsp3) is 0.467. The van der Waals surface area contributed by atoms with Crippen molar-refractivity contribution in [3.63, 3.8) is 0 Å². The lowest BCUT2D eigenvalue weighted by molar-refractivity contribution is 0.466. The molecule has 1 N–H and O–H groups in total. The van der Waals surface area contributed by atoms with Crippen LogP contribution in [0.2, 0.25) is 0 Å². The van der Waals surface area contributed by atoms with E-state index in [9.17, 15) is 0 Å². The van der Waals surface area contributed by atoms with Gasteiger partial charge in [-0.3, -0.25) is 0 Å². The molecular weight excluding hydrogens is 194 g/mol. The van der Waals surface area contributed by atoms with Crippen LogP contribution in [-0.4, -0.2) is 12.6 Å². The molecule has 1 aliphatic rings. The summed E-state index contributed by atoms with van der Waals surface area (Å²) in [6, 6.07) is 9.31. The molecule has 0 amide bonds. The quantitative estimate of drug-likeness (QED) is 0.760. The average molecular weight is 215 g/mol. The number of allylic oxidation sites excluding steroid dienone is 1. The van der Waals surface area contributed by atoms with Gasteiger partial charge in [0.15, 0.2) is 0 Å². The van der Waals surface area contributed by atoms with Crippen LogP contribution in [-0.2, 0) is 6.42 Å². The van der Waals surface area contributed by atoms with Crippen LogP contribution in [0.25, 0.3) is 0 Å². The van der Waals surface area contributed by atoms with Crippen LogP contribution in [0.4, 0.5) is 0 Å². The minimum atomic E-state index is 0.505. The van der Waals surface area contributed by atoms with Crippen molar-refractivity contribution in [3.05, 3.63) is 47.0 Å². The van der Waals surface area contributed by atoms with Crippen molar-refractivity contribution in [2.24, 2.45) is 0 Å². The highest BCUT2D eigenvalue weighted by molar-refractivity contribution is 5.42. The van der Waals surface area contributed by atoms with Gasteiger partial charge in [0, 0.05) is 12.0 Å². The van der Waals surface area contributed by atoms with Crippen molar-refractivity contribution >= 4 is 0 Å². The Labute approximate surface area is 98.6 Å². The number of benzene rings is 1. The van der Waals surface area contributed by atoms with E-state index < -0.39 is 0 Å². The van der Waals surface area contributed by atoms with E-state index in [1.54, 1.807) is 0 Å². The van der Waals surface area contributed by atoms with Gasteiger partial charge in [-0.25, -0.2) is 0 Å². The Kier molecular flexibility index (Phi) is 3.45. The Balaban J connectivity index is 2.16. The van der Waals surface area contributed by atoms with Crippen LogP contribution in [0.5, 0.6) is 0 Å². The van der Waals surface area contributed by atoms with Crippen molar-refractivity contribution in [3.8, 4) is 0 Å². The SMILES string of the molecule is CCNC(C=C(C)C)C1Cc2ccccc21. The van der Waals surface area contributed by atoms with Crippen LogP contribution >= 0.6 is 0 Å². The lowest BCUT2D eigenvalue weighted by Crippen LogP contribution is -2.38. The molecule has 86 valence electrons. The zero-order valence-corrected chi connectivity index (χ0v) is 10.5. The fourth-order valence-corrected chi connectivity index (χ4v) is 2.53. The zero-order chi connectivity index (χ0) is 11.5. The minimum absolute atomic E-state index is 0.505. The van der Waals surface area contributed by atoms with Crippen LogP contribution < -0.4 is 5.32 Å². The second-order valence-electron chi connectivity index (χ2n) is 4.84. The van der Waals surface area contributed by atoms with Crippen molar-refractivity contribution in [2.45, 2.75) is 39.2 Å². The first-order valence-corrected chi connectivity index (χ1v) is 6.18. The van der Waals surface area contributed by atoms with E-state index in [1.807, 2.05) is 0 Å². The number of nitrogens with one attached hydrogen (secondary N) is 1. The first kappa shape index (κ1) is 11.4. The molecule has 2 rings (SSSR count). The maximum Gasteiger partial charge on any atom is 0.0324 e. The molecule has 0 heterocycles. The molecule has 1 aliphatic carbocycles. The van der Waals surface area contributed by atoms with Gasteiger partial charge in [-0.1, -0.05) is 42.8 Å². The third kappa shape index (κ3) is 2.19. The van der Waals surface area contributed by atoms with Crippen molar-refractivity contribution in [1.29, 1.82) is 0 Å². The lowest BCUT2D eigenvalue weighted by atomic mass is 9.73. The van der Waals surface area contributed by atoms with Gasteiger partial charge < -0.3 is 5.32 Å². The molecule has 0 aromatic heterocycles. The Hall–Kier alpha value is -1.08. The van der Waals surface area contributed by atoms with E-state index in [0.717, 1.165) is 6.54 Å². The second kappa shape index (κ2) is 4.84. The molecule has 1 aromatic carbocycles. The smallest absolute Gasteiger partial charge is 0.0324 e. The molecule has 0 saturated heterocycles. The summed E-state index contributed by atoms with van der Waals surface area (Å²) in [7, 11) is 0. The van der Waals surface area contributed by atoms with Gasteiger partial charge in [-0.2, -0.15) is 0 Å². The van der Waals surface area contributed by atoms with Gasteiger partial charge in [-0.05, 0) is 37.9 Å². The van der Waals surface area contributed by atoms with Gasteiger partial charge in [0.05, 0.1) is 0 Å². The van der Waals surface area contributed by atoms with Crippen LogP contribution in [0.15, 0.2) is 35.9 Å². The number of rotatable bonds is 4. The minimum Gasteiger partial charge on any atom is -0.310 e. The number of hydrogen-bond donors (Lipinski definition) is 1. The third-order valence-corrected chi connectivity index (χ3v) is 3.28. The van der Waals surface area contributed by atoms with E-state index in [-0.39, 0.29) is 0 Å². The van der Waals surface area contributed by atoms with E-state index in [4.69, 9.17) is 0 Å². The van der Waals surface area contributed by atoms with Crippen molar-refractivity contribution in [1.82, 2.24) is 5.32 Å². The molecule has 2 unspecified atom stereocenters. The second-order valence-corrected chi connectivity index (χ2v) is 4.84. The summed E-state index contributed by atoms with van der Waals surface area (Å²) in [5.74, 6) is 0.672. The number of fused-ring (bicyclic) bond motifs is 1. The van der Waals surface area contributed by atoms with Gasteiger partial charge in [-0.15, -0.1) is 0 Å². The molecule has 0 bridgehead atoms. The first-order chi connectivity index (χ1) is 7.72. The number of likely N-dealkylation sites (N-methyl/N-ethyl adjacent to an activating group) is 1. The van der Waals surface area contributed by atoms with Gasteiger partial charge in [0.1, 0.15) is 0 Å². The third-order valence-electron chi connectivity index (χ3n) is 3.28. The highest BCUT2D eigenvalue weighted by Gasteiger charge is 2.30. The Morgan fingerprint density at radius 2 is 2.19 bits per heavy atom. The van der Waals surface area contributed by atoms with Gasteiger partial charge >= 0.3 is 0 Å². The summed E-state index contributed by atoms with van der Waals surface area (Å²) < 4.78 is 0.